The molecule has 0 amide bonds. The molecule has 0 radical (unpaired) electrons. The van der Waals surface area contributed by atoms with E-state index in [2.05, 4.69) is 4.72 Å². The summed E-state index contributed by atoms with van der Waals surface area (Å²) in [6.07, 6.45) is 3.52. The molecule has 0 spiro atoms. The Morgan fingerprint density at radius 2 is 1.85 bits per heavy atom. The second-order valence-electron chi connectivity index (χ2n) is 5.94. The summed E-state index contributed by atoms with van der Waals surface area (Å²) in [4.78, 5) is 12.5. The first-order chi connectivity index (χ1) is 9.13. The van der Waals surface area contributed by atoms with Crippen molar-refractivity contribution < 1.29 is 18.3 Å². The highest BCUT2D eigenvalue weighted by Crippen LogP contribution is 2.39. The smallest absolute Gasteiger partial charge is 0.339 e. The molecule has 2 N–H and O–H groups in total. The van der Waals surface area contributed by atoms with Gasteiger partial charge in [0.25, 0.3) is 0 Å². The van der Waals surface area contributed by atoms with Gasteiger partial charge in [0.15, 0.2) is 0 Å². The number of aromatic carboxylic acids is 1. The van der Waals surface area contributed by atoms with Crippen molar-refractivity contribution in [2.45, 2.75) is 51.2 Å². The number of carbonyl (C=O) groups is 1. The van der Waals surface area contributed by atoms with Crippen LogP contribution in [0.15, 0.2) is 0 Å². The number of aryl methyl sites for hydroxylation is 1. The number of hydrogen-bond donors (Lipinski definition) is 2. The molecule has 7 heteroatoms. The van der Waals surface area contributed by atoms with Crippen molar-refractivity contribution >= 4 is 32.3 Å². The van der Waals surface area contributed by atoms with Crippen molar-refractivity contribution in [2.75, 3.05) is 4.72 Å². The zero-order valence-corrected chi connectivity index (χ0v) is 13.4. The van der Waals surface area contributed by atoms with Crippen LogP contribution < -0.4 is 4.72 Å². The standard InChI is InChI=1S/C13H19NO4S2/c1-13(2,3)20(17,18)14-11-10(12(15)16)8-6-4-5-7-9(8)19-11/h14H,4-7H2,1-3H3,(H,15,16). The maximum absolute atomic E-state index is 12.2. The highest BCUT2D eigenvalue weighted by Gasteiger charge is 2.33. The number of carboxylic acids is 1. The van der Waals surface area contributed by atoms with Gasteiger partial charge in [0.2, 0.25) is 10.0 Å². The van der Waals surface area contributed by atoms with Crippen LogP contribution in [0.5, 0.6) is 0 Å². The fourth-order valence-electron chi connectivity index (χ4n) is 2.14. The third kappa shape index (κ3) is 2.69. The van der Waals surface area contributed by atoms with Crippen molar-refractivity contribution in [3.05, 3.63) is 16.0 Å². The van der Waals surface area contributed by atoms with Gasteiger partial charge in [-0.25, -0.2) is 13.2 Å². The summed E-state index contributed by atoms with van der Waals surface area (Å²) in [5.74, 6) is -1.06. The summed E-state index contributed by atoms with van der Waals surface area (Å²) in [6.45, 7) is 4.76. The van der Waals surface area contributed by atoms with Crippen LogP contribution in [-0.4, -0.2) is 24.2 Å². The van der Waals surface area contributed by atoms with E-state index in [1.54, 1.807) is 20.8 Å². The van der Waals surface area contributed by atoms with Gasteiger partial charge in [0, 0.05) is 4.88 Å². The zero-order chi connectivity index (χ0) is 15.1. The number of sulfonamides is 1. The first-order valence-corrected chi connectivity index (χ1v) is 8.83. The number of rotatable bonds is 3. The Labute approximate surface area is 123 Å². The lowest BCUT2D eigenvalue weighted by molar-refractivity contribution is 0.0697. The summed E-state index contributed by atoms with van der Waals surface area (Å²) in [6, 6.07) is 0. The van der Waals surface area contributed by atoms with E-state index in [1.807, 2.05) is 0 Å². The van der Waals surface area contributed by atoms with Gasteiger partial charge in [-0.05, 0) is 52.0 Å². The average molecular weight is 317 g/mol. The summed E-state index contributed by atoms with van der Waals surface area (Å²) in [5.41, 5.74) is 0.942. The predicted octanol–water partition coefficient (Wildman–Crippen LogP) is 2.87. The maximum Gasteiger partial charge on any atom is 0.339 e. The van der Waals surface area contributed by atoms with Crippen LogP contribution >= 0.6 is 11.3 Å². The molecule has 2 rings (SSSR count). The third-order valence-corrected chi connectivity index (χ3v) is 6.84. The van der Waals surface area contributed by atoms with Gasteiger partial charge in [-0.3, -0.25) is 4.72 Å². The van der Waals surface area contributed by atoms with E-state index in [-0.39, 0.29) is 10.6 Å². The van der Waals surface area contributed by atoms with Gasteiger partial charge in [-0.15, -0.1) is 11.3 Å². The fourth-order valence-corrected chi connectivity index (χ4v) is 4.42. The molecule has 0 atom stereocenters. The lowest BCUT2D eigenvalue weighted by atomic mass is 9.96. The van der Waals surface area contributed by atoms with Crippen LogP contribution in [-0.2, 0) is 22.9 Å². The molecule has 5 nitrogen and oxygen atoms in total. The van der Waals surface area contributed by atoms with Crippen LogP contribution in [0, 0.1) is 0 Å². The van der Waals surface area contributed by atoms with E-state index in [0.717, 1.165) is 29.7 Å². The highest BCUT2D eigenvalue weighted by molar-refractivity contribution is 7.94. The number of hydrogen-bond acceptors (Lipinski definition) is 4. The maximum atomic E-state index is 12.2. The van der Waals surface area contributed by atoms with Crippen molar-refractivity contribution in [1.29, 1.82) is 0 Å². The first kappa shape index (κ1) is 15.3. The minimum Gasteiger partial charge on any atom is -0.478 e. The fraction of sp³-hybridized carbons (Fsp3) is 0.615. The molecule has 1 aromatic heterocycles. The lowest BCUT2D eigenvalue weighted by Gasteiger charge is -2.20. The van der Waals surface area contributed by atoms with Crippen LogP contribution in [0.25, 0.3) is 0 Å². The second kappa shape index (κ2) is 5.04. The SMILES string of the molecule is CC(C)(C)S(=O)(=O)Nc1sc2c(c1C(=O)O)CCCC2. The summed E-state index contributed by atoms with van der Waals surface area (Å²) in [7, 11) is -3.61. The molecule has 0 saturated heterocycles. The van der Waals surface area contributed by atoms with E-state index in [9.17, 15) is 18.3 Å². The number of thiophene rings is 1. The molecular weight excluding hydrogens is 298 g/mol. The van der Waals surface area contributed by atoms with E-state index in [1.165, 1.54) is 11.3 Å². The van der Waals surface area contributed by atoms with Crippen LogP contribution in [0.3, 0.4) is 0 Å². The minimum absolute atomic E-state index is 0.137. The largest absolute Gasteiger partial charge is 0.478 e. The van der Waals surface area contributed by atoms with E-state index in [4.69, 9.17) is 0 Å². The molecule has 0 fully saturated rings. The summed E-state index contributed by atoms with van der Waals surface area (Å²) < 4.78 is 25.9. The molecule has 1 aromatic rings. The Morgan fingerprint density at radius 1 is 1.25 bits per heavy atom. The van der Waals surface area contributed by atoms with E-state index < -0.39 is 20.7 Å². The highest BCUT2D eigenvalue weighted by atomic mass is 32.2. The summed E-state index contributed by atoms with van der Waals surface area (Å²) in [5, 5.41) is 9.63. The van der Waals surface area contributed by atoms with Gasteiger partial charge >= 0.3 is 5.97 Å². The van der Waals surface area contributed by atoms with Crippen molar-refractivity contribution in [3.8, 4) is 0 Å². The van der Waals surface area contributed by atoms with Crippen molar-refractivity contribution in [1.82, 2.24) is 0 Å². The van der Waals surface area contributed by atoms with Crippen LogP contribution in [0.4, 0.5) is 5.00 Å². The molecule has 0 aliphatic heterocycles. The Morgan fingerprint density at radius 3 is 2.40 bits per heavy atom. The topological polar surface area (TPSA) is 83.5 Å². The predicted molar refractivity (Wildman–Crippen MR) is 80.2 cm³/mol. The second-order valence-corrected chi connectivity index (χ2v) is 9.48. The molecular formula is C13H19NO4S2. The van der Waals surface area contributed by atoms with Crippen LogP contribution in [0.2, 0.25) is 0 Å². The quantitative estimate of drug-likeness (QED) is 0.898. The number of anilines is 1. The molecule has 0 saturated carbocycles. The number of carboxylic acid groups (broad SMARTS) is 1. The lowest BCUT2D eigenvalue weighted by Crippen LogP contribution is -2.33. The molecule has 0 bridgehead atoms. The average Bonchev–Trinajstić information content (AvgIpc) is 2.64. The summed E-state index contributed by atoms with van der Waals surface area (Å²) >= 11 is 1.26. The number of fused-ring (bicyclic) bond motifs is 1. The normalized spacial score (nSPS) is 15.8. The van der Waals surface area contributed by atoms with Crippen LogP contribution in [0.1, 0.15) is 54.4 Å². The number of nitrogens with one attached hydrogen (secondary N) is 1. The molecule has 0 unspecified atom stereocenters. The molecule has 112 valence electrons. The monoisotopic (exact) mass is 317 g/mol. The Hall–Kier alpha value is -1.08. The molecule has 0 aromatic carbocycles. The van der Waals surface area contributed by atoms with Crippen molar-refractivity contribution in [3.63, 3.8) is 0 Å². The molecule has 1 heterocycles. The van der Waals surface area contributed by atoms with Gasteiger partial charge in [-0.2, -0.15) is 0 Å². The Balaban J connectivity index is 2.48. The molecule has 1 aliphatic rings. The van der Waals surface area contributed by atoms with E-state index >= 15 is 0 Å². The Kier molecular flexibility index (Phi) is 3.85. The van der Waals surface area contributed by atoms with Gasteiger partial charge < -0.3 is 5.11 Å². The third-order valence-electron chi connectivity index (χ3n) is 3.42. The first-order valence-electron chi connectivity index (χ1n) is 6.53. The van der Waals surface area contributed by atoms with Gasteiger partial charge in [-0.1, -0.05) is 0 Å². The molecule has 20 heavy (non-hydrogen) atoms. The van der Waals surface area contributed by atoms with Crippen molar-refractivity contribution in [2.24, 2.45) is 0 Å². The zero-order valence-electron chi connectivity index (χ0n) is 11.8. The van der Waals surface area contributed by atoms with E-state index in [0.29, 0.717) is 6.42 Å². The Bertz CT molecular complexity index is 638. The van der Waals surface area contributed by atoms with Gasteiger partial charge in [0.1, 0.15) is 5.00 Å². The minimum atomic E-state index is -3.61. The van der Waals surface area contributed by atoms with Gasteiger partial charge in [0.05, 0.1) is 10.3 Å². The molecule has 1 aliphatic carbocycles.